The van der Waals surface area contributed by atoms with Crippen LogP contribution in [-0.2, 0) is 11.3 Å². The number of thiophene rings is 1. The Morgan fingerprint density at radius 1 is 1.53 bits per heavy atom. The van der Waals surface area contributed by atoms with Crippen molar-refractivity contribution in [2.45, 2.75) is 39.4 Å². The predicted octanol–water partition coefficient (Wildman–Crippen LogP) is 3.04. The van der Waals surface area contributed by atoms with E-state index in [1.165, 1.54) is 11.3 Å². The van der Waals surface area contributed by atoms with Crippen LogP contribution in [-0.4, -0.2) is 19.2 Å². The fourth-order valence-corrected chi connectivity index (χ4v) is 2.02. The number of nitrogens with one attached hydrogen (secondary N) is 1. The van der Waals surface area contributed by atoms with Crippen molar-refractivity contribution in [1.82, 2.24) is 5.32 Å². The van der Waals surface area contributed by atoms with Crippen molar-refractivity contribution in [3.63, 3.8) is 0 Å². The highest BCUT2D eigenvalue weighted by atomic mass is 32.1. The van der Waals surface area contributed by atoms with Crippen LogP contribution in [0.25, 0.3) is 0 Å². The van der Waals surface area contributed by atoms with Gasteiger partial charge in [0.25, 0.3) is 0 Å². The van der Waals surface area contributed by atoms with E-state index in [0.29, 0.717) is 6.10 Å². The summed E-state index contributed by atoms with van der Waals surface area (Å²) < 4.78 is 5.75. The summed E-state index contributed by atoms with van der Waals surface area (Å²) in [6.07, 6.45) is 2.70. The molecule has 0 amide bonds. The van der Waals surface area contributed by atoms with Gasteiger partial charge < -0.3 is 10.1 Å². The average molecular weight is 227 g/mol. The SMILES string of the molecule is CCNCCCC(C)OCc1cccs1. The Morgan fingerprint density at radius 3 is 3.07 bits per heavy atom. The van der Waals surface area contributed by atoms with Crippen molar-refractivity contribution in [1.29, 1.82) is 0 Å². The summed E-state index contributed by atoms with van der Waals surface area (Å²) in [5, 5.41) is 5.41. The first-order chi connectivity index (χ1) is 7.33. The highest BCUT2D eigenvalue weighted by molar-refractivity contribution is 7.09. The third-order valence-electron chi connectivity index (χ3n) is 2.30. The van der Waals surface area contributed by atoms with Gasteiger partial charge in [0, 0.05) is 4.88 Å². The molecule has 1 aromatic heterocycles. The van der Waals surface area contributed by atoms with Crippen molar-refractivity contribution in [2.75, 3.05) is 13.1 Å². The maximum Gasteiger partial charge on any atom is 0.0812 e. The maximum absolute atomic E-state index is 5.75. The van der Waals surface area contributed by atoms with E-state index >= 15 is 0 Å². The summed E-state index contributed by atoms with van der Waals surface area (Å²) in [7, 11) is 0. The third-order valence-corrected chi connectivity index (χ3v) is 3.15. The zero-order valence-corrected chi connectivity index (χ0v) is 10.5. The lowest BCUT2D eigenvalue weighted by Gasteiger charge is -2.12. The second-order valence-electron chi connectivity index (χ2n) is 3.70. The first kappa shape index (κ1) is 12.7. The summed E-state index contributed by atoms with van der Waals surface area (Å²) in [6, 6.07) is 4.19. The smallest absolute Gasteiger partial charge is 0.0812 e. The molecule has 0 aliphatic heterocycles. The number of hydrogen-bond donors (Lipinski definition) is 1. The van der Waals surface area contributed by atoms with Gasteiger partial charge in [-0.1, -0.05) is 13.0 Å². The van der Waals surface area contributed by atoms with Crippen molar-refractivity contribution >= 4 is 11.3 Å². The first-order valence-electron chi connectivity index (χ1n) is 5.67. The highest BCUT2D eigenvalue weighted by Crippen LogP contribution is 2.12. The molecular weight excluding hydrogens is 206 g/mol. The summed E-state index contributed by atoms with van der Waals surface area (Å²) in [6.45, 7) is 7.21. The molecule has 0 aromatic carbocycles. The molecule has 15 heavy (non-hydrogen) atoms. The van der Waals surface area contributed by atoms with Crippen molar-refractivity contribution in [3.05, 3.63) is 22.4 Å². The zero-order chi connectivity index (χ0) is 10.9. The quantitative estimate of drug-likeness (QED) is 0.689. The Hall–Kier alpha value is -0.380. The fourth-order valence-electron chi connectivity index (χ4n) is 1.39. The van der Waals surface area contributed by atoms with Gasteiger partial charge in [0.05, 0.1) is 12.7 Å². The van der Waals surface area contributed by atoms with Crippen LogP contribution in [0.5, 0.6) is 0 Å². The maximum atomic E-state index is 5.75. The van der Waals surface area contributed by atoms with Crippen LogP contribution in [0.4, 0.5) is 0 Å². The van der Waals surface area contributed by atoms with Gasteiger partial charge in [0.15, 0.2) is 0 Å². The normalized spacial score (nSPS) is 12.9. The largest absolute Gasteiger partial charge is 0.373 e. The minimum atomic E-state index is 0.366. The van der Waals surface area contributed by atoms with E-state index in [1.807, 2.05) is 0 Å². The minimum Gasteiger partial charge on any atom is -0.373 e. The van der Waals surface area contributed by atoms with E-state index in [1.54, 1.807) is 11.3 Å². The monoisotopic (exact) mass is 227 g/mol. The molecule has 1 heterocycles. The second kappa shape index (κ2) is 7.85. The number of rotatable bonds is 8. The van der Waals surface area contributed by atoms with Crippen LogP contribution < -0.4 is 5.32 Å². The van der Waals surface area contributed by atoms with E-state index in [0.717, 1.165) is 26.1 Å². The molecule has 0 aliphatic rings. The van der Waals surface area contributed by atoms with E-state index in [9.17, 15) is 0 Å². The first-order valence-corrected chi connectivity index (χ1v) is 6.55. The van der Waals surface area contributed by atoms with Crippen LogP contribution >= 0.6 is 11.3 Å². The molecule has 0 aliphatic carbocycles. The summed E-state index contributed by atoms with van der Waals surface area (Å²) >= 11 is 1.76. The number of hydrogen-bond acceptors (Lipinski definition) is 3. The van der Waals surface area contributed by atoms with Gasteiger partial charge in [-0.2, -0.15) is 0 Å². The Morgan fingerprint density at radius 2 is 2.40 bits per heavy atom. The van der Waals surface area contributed by atoms with Crippen LogP contribution in [0.3, 0.4) is 0 Å². The highest BCUT2D eigenvalue weighted by Gasteiger charge is 2.02. The van der Waals surface area contributed by atoms with Crippen molar-refractivity contribution in [2.24, 2.45) is 0 Å². The molecular formula is C12H21NOS. The topological polar surface area (TPSA) is 21.3 Å². The van der Waals surface area contributed by atoms with Gasteiger partial charge in [-0.3, -0.25) is 0 Å². The molecule has 0 saturated carbocycles. The van der Waals surface area contributed by atoms with Crippen LogP contribution in [0.2, 0.25) is 0 Å². The van der Waals surface area contributed by atoms with E-state index < -0.39 is 0 Å². The standard InChI is InChI=1S/C12H21NOS/c1-3-13-8-4-6-11(2)14-10-12-7-5-9-15-12/h5,7,9,11,13H,3-4,6,8,10H2,1-2H3. The van der Waals surface area contributed by atoms with Crippen LogP contribution in [0.15, 0.2) is 17.5 Å². The Bertz CT molecular complexity index is 236. The summed E-state index contributed by atoms with van der Waals surface area (Å²) in [5.41, 5.74) is 0. The minimum absolute atomic E-state index is 0.366. The molecule has 86 valence electrons. The summed E-state index contributed by atoms with van der Waals surface area (Å²) in [5.74, 6) is 0. The van der Waals surface area contributed by atoms with Crippen LogP contribution in [0.1, 0.15) is 31.6 Å². The molecule has 1 atom stereocenters. The van der Waals surface area contributed by atoms with Gasteiger partial charge in [-0.15, -0.1) is 11.3 Å². The molecule has 1 unspecified atom stereocenters. The molecule has 1 aromatic rings. The number of ether oxygens (including phenoxy) is 1. The lowest BCUT2D eigenvalue weighted by atomic mass is 10.2. The van der Waals surface area contributed by atoms with E-state index in [2.05, 4.69) is 36.7 Å². The van der Waals surface area contributed by atoms with Gasteiger partial charge in [0.2, 0.25) is 0 Å². The van der Waals surface area contributed by atoms with Gasteiger partial charge in [-0.05, 0) is 44.3 Å². The Kier molecular flexibility index (Phi) is 6.64. The lowest BCUT2D eigenvalue weighted by molar-refractivity contribution is 0.0480. The zero-order valence-electron chi connectivity index (χ0n) is 9.66. The van der Waals surface area contributed by atoms with Gasteiger partial charge in [-0.25, -0.2) is 0 Å². The molecule has 1 rings (SSSR count). The molecule has 0 radical (unpaired) electrons. The third kappa shape index (κ3) is 5.92. The van der Waals surface area contributed by atoms with E-state index in [-0.39, 0.29) is 0 Å². The lowest BCUT2D eigenvalue weighted by Crippen LogP contribution is -2.16. The predicted molar refractivity (Wildman–Crippen MR) is 66.3 cm³/mol. The molecule has 2 nitrogen and oxygen atoms in total. The van der Waals surface area contributed by atoms with Crippen molar-refractivity contribution in [3.8, 4) is 0 Å². The average Bonchev–Trinajstić information content (AvgIpc) is 2.74. The molecule has 1 N–H and O–H groups in total. The van der Waals surface area contributed by atoms with Crippen molar-refractivity contribution < 1.29 is 4.74 Å². The molecule has 0 bridgehead atoms. The second-order valence-corrected chi connectivity index (χ2v) is 4.73. The molecule has 0 fully saturated rings. The van der Waals surface area contributed by atoms with Gasteiger partial charge >= 0.3 is 0 Å². The fraction of sp³-hybridized carbons (Fsp3) is 0.667. The Balaban J connectivity index is 2.01. The molecule has 3 heteroatoms. The molecule has 0 spiro atoms. The van der Waals surface area contributed by atoms with Crippen LogP contribution in [0, 0.1) is 0 Å². The van der Waals surface area contributed by atoms with E-state index in [4.69, 9.17) is 4.74 Å². The Labute approximate surface area is 96.7 Å². The summed E-state index contributed by atoms with van der Waals surface area (Å²) in [4.78, 5) is 1.31. The molecule has 0 saturated heterocycles. The van der Waals surface area contributed by atoms with Gasteiger partial charge in [0.1, 0.15) is 0 Å².